The van der Waals surface area contributed by atoms with Crippen molar-refractivity contribution >= 4 is 35.2 Å². The molecule has 4 N–H and O–H groups in total. The van der Waals surface area contributed by atoms with Gasteiger partial charge in [0.1, 0.15) is 41.0 Å². The zero-order valence-electron chi connectivity index (χ0n) is 25.0. The lowest BCUT2D eigenvalue weighted by molar-refractivity contribution is -0.143. The summed E-state index contributed by atoms with van der Waals surface area (Å²) < 4.78 is 34.1. The summed E-state index contributed by atoms with van der Waals surface area (Å²) in [4.78, 5) is 55.9. The number of nitrogens with one attached hydrogen (secondary N) is 2. The molecule has 12 heteroatoms. The number of rotatable bonds is 8. The predicted octanol–water partition coefficient (Wildman–Crippen LogP) is 4.36. The van der Waals surface area contributed by atoms with Gasteiger partial charge in [-0.05, 0) is 69.0 Å². The highest BCUT2D eigenvalue weighted by Gasteiger charge is 2.43. The lowest BCUT2D eigenvalue weighted by Gasteiger charge is -2.33. The van der Waals surface area contributed by atoms with Crippen LogP contribution in [0.2, 0.25) is 0 Å². The number of fused-ring (bicyclic) bond motifs is 1. The summed E-state index contributed by atoms with van der Waals surface area (Å²) in [6.07, 6.45) is -0.209. The van der Waals surface area contributed by atoms with Gasteiger partial charge in [-0.1, -0.05) is 32.4 Å². The number of halogens is 2. The molecule has 3 rings (SSSR count). The van der Waals surface area contributed by atoms with Crippen molar-refractivity contribution in [2.45, 2.75) is 78.2 Å². The first-order chi connectivity index (χ1) is 19.5. The molecule has 2 aromatic rings. The van der Waals surface area contributed by atoms with Crippen molar-refractivity contribution in [1.29, 1.82) is 0 Å². The number of anilines is 2. The Morgan fingerprint density at radius 1 is 1.12 bits per heavy atom. The van der Waals surface area contributed by atoms with E-state index in [0.29, 0.717) is 23.2 Å². The van der Waals surface area contributed by atoms with Crippen LogP contribution < -0.4 is 16.4 Å². The summed E-state index contributed by atoms with van der Waals surface area (Å²) in [7, 11) is 1.42. The number of nitrogen functional groups attached to an aromatic ring is 1. The molecular weight excluding hydrogens is 548 g/mol. The highest BCUT2D eigenvalue weighted by molar-refractivity contribution is 6.00. The molecule has 0 fully saturated rings. The topological polar surface area (TPSA) is 134 Å². The number of hydrogen-bond donors (Lipinski definition) is 3. The van der Waals surface area contributed by atoms with Gasteiger partial charge in [0.2, 0.25) is 11.8 Å². The number of hydrogen-bond acceptors (Lipinski definition) is 6. The lowest BCUT2D eigenvalue weighted by Crippen LogP contribution is -2.56. The van der Waals surface area contributed by atoms with E-state index in [1.54, 1.807) is 45.9 Å². The highest BCUT2D eigenvalue weighted by atomic mass is 19.1. The first-order valence-electron chi connectivity index (χ1n) is 13.8. The summed E-state index contributed by atoms with van der Waals surface area (Å²) in [5, 5.41) is 5.04. The first-order valence-corrected chi connectivity index (χ1v) is 13.8. The largest absolute Gasteiger partial charge is 0.444 e. The quantitative estimate of drug-likeness (QED) is 0.393. The smallest absolute Gasteiger partial charge is 0.410 e. The zero-order valence-corrected chi connectivity index (χ0v) is 25.0. The van der Waals surface area contributed by atoms with Crippen molar-refractivity contribution in [3.63, 3.8) is 0 Å². The molecule has 0 unspecified atom stereocenters. The van der Waals surface area contributed by atoms with Crippen LogP contribution in [0, 0.1) is 17.6 Å². The summed E-state index contributed by atoms with van der Waals surface area (Å²) in [5.41, 5.74) is 5.94. The molecule has 1 aliphatic heterocycles. The first kappa shape index (κ1) is 32.3. The van der Waals surface area contributed by atoms with Crippen LogP contribution in [0.25, 0.3) is 0 Å². The minimum atomic E-state index is -1.28. The fourth-order valence-corrected chi connectivity index (χ4v) is 4.55. The minimum Gasteiger partial charge on any atom is -0.444 e. The van der Waals surface area contributed by atoms with E-state index in [9.17, 15) is 28.0 Å². The van der Waals surface area contributed by atoms with Crippen LogP contribution in [0.5, 0.6) is 0 Å². The third-order valence-corrected chi connectivity index (χ3v) is 7.28. The summed E-state index contributed by atoms with van der Waals surface area (Å²) in [6, 6.07) is 4.68. The summed E-state index contributed by atoms with van der Waals surface area (Å²) in [6.45, 7) is 10.2. The van der Waals surface area contributed by atoms with Gasteiger partial charge in [-0.15, -0.1) is 0 Å². The molecule has 228 valence electrons. The van der Waals surface area contributed by atoms with E-state index in [0.717, 1.165) is 17.0 Å². The average Bonchev–Trinajstić information content (AvgIpc) is 3.29. The Morgan fingerprint density at radius 3 is 2.31 bits per heavy atom. The Balaban J connectivity index is 1.92. The van der Waals surface area contributed by atoms with E-state index in [-0.39, 0.29) is 12.5 Å². The molecule has 0 radical (unpaired) electrons. The highest BCUT2D eigenvalue weighted by Crippen LogP contribution is 2.37. The van der Waals surface area contributed by atoms with Gasteiger partial charge in [-0.3, -0.25) is 19.3 Å². The Labute approximate surface area is 244 Å². The number of carbonyl (C=O) groups is 4. The third-order valence-electron chi connectivity index (χ3n) is 7.28. The maximum absolute atomic E-state index is 14.4. The molecule has 0 spiro atoms. The van der Waals surface area contributed by atoms with E-state index < -0.39 is 64.9 Å². The van der Waals surface area contributed by atoms with Crippen molar-refractivity contribution < 1.29 is 32.7 Å². The molecular formula is C30H39F2N5O5. The molecule has 10 nitrogen and oxygen atoms in total. The molecule has 0 aliphatic carbocycles. The minimum absolute atomic E-state index is 0.00244. The van der Waals surface area contributed by atoms with E-state index in [2.05, 4.69) is 10.6 Å². The molecule has 0 aromatic heterocycles. The summed E-state index contributed by atoms with van der Waals surface area (Å²) >= 11 is 0. The molecule has 0 saturated carbocycles. The second-order valence-corrected chi connectivity index (χ2v) is 11.6. The molecule has 1 aliphatic rings. The monoisotopic (exact) mass is 587 g/mol. The number of likely N-dealkylation sites (N-methyl/N-ethyl adjacent to an activating group) is 1. The molecule has 1 heterocycles. The van der Waals surface area contributed by atoms with Crippen molar-refractivity contribution in [1.82, 2.24) is 15.1 Å². The zero-order chi connectivity index (χ0) is 31.5. The predicted molar refractivity (Wildman–Crippen MR) is 154 cm³/mol. The SMILES string of the molecule is CC[C@H](C)[C@H](NC(=O)[C@H](C)N(C)C(=O)OC(C)(C)C)C(=O)N1Cc2ccc(N)cc2[C@H]1C(=O)Nc1c(F)cccc1F. The third kappa shape index (κ3) is 7.15. The van der Waals surface area contributed by atoms with Crippen LogP contribution in [0.3, 0.4) is 0 Å². The molecule has 4 amide bonds. The lowest BCUT2D eigenvalue weighted by atomic mass is 9.96. The number of ether oxygens (including phenoxy) is 1. The van der Waals surface area contributed by atoms with E-state index >= 15 is 0 Å². The second-order valence-electron chi connectivity index (χ2n) is 11.6. The van der Waals surface area contributed by atoms with Gasteiger partial charge in [0.05, 0.1) is 0 Å². The number of carbonyl (C=O) groups excluding carboxylic acids is 4. The molecule has 0 bridgehead atoms. The van der Waals surface area contributed by atoms with Gasteiger partial charge >= 0.3 is 6.09 Å². The van der Waals surface area contributed by atoms with Crippen LogP contribution in [0.4, 0.5) is 25.0 Å². The average molecular weight is 588 g/mol. The fourth-order valence-electron chi connectivity index (χ4n) is 4.55. The Bertz CT molecular complexity index is 1340. The van der Waals surface area contributed by atoms with Crippen molar-refractivity contribution in [2.24, 2.45) is 5.92 Å². The maximum Gasteiger partial charge on any atom is 0.410 e. The normalized spacial score (nSPS) is 16.6. The van der Waals surface area contributed by atoms with Crippen molar-refractivity contribution in [3.8, 4) is 0 Å². The molecule has 2 aromatic carbocycles. The Hall–Kier alpha value is -4.22. The van der Waals surface area contributed by atoms with E-state index in [4.69, 9.17) is 10.5 Å². The Kier molecular flexibility index (Phi) is 9.80. The van der Waals surface area contributed by atoms with Crippen molar-refractivity contribution in [3.05, 3.63) is 59.2 Å². The van der Waals surface area contributed by atoms with Gasteiger partial charge in [-0.25, -0.2) is 13.6 Å². The number of para-hydroxylation sites is 1. The Morgan fingerprint density at radius 2 is 1.74 bits per heavy atom. The van der Waals surface area contributed by atoms with E-state index in [1.165, 1.54) is 24.9 Å². The van der Waals surface area contributed by atoms with Gasteiger partial charge in [0, 0.05) is 19.3 Å². The number of benzene rings is 2. The van der Waals surface area contributed by atoms with Crippen LogP contribution in [-0.2, 0) is 25.7 Å². The van der Waals surface area contributed by atoms with Crippen LogP contribution >= 0.6 is 0 Å². The van der Waals surface area contributed by atoms with Crippen molar-refractivity contribution in [2.75, 3.05) is 18.1 Å². The number of nitrogens with two attached hydrogens (primary N) is 1. The van der Waals surface area contributed by atoms with Gasteiger partial charge < -0.3 is 26.0 Å². The van der Waals surface area contributed by atoms with Crippen LogP contribution in [0.15, 0.2) is 36.4 Å². The van der Waals surface area contributed by atoms with E-state index in [1.807, 2.05) is 6.92 Å². The van der Waals surface area contributed by atoms with Crippen LogP contribution in [0.1, 0.15) is 65.1 Å². The van der Waals surface area contributed by atoms with Gasteiger partial charge in [0.15, 0.2) is 0 Å². The number of nitrogens with zero attached hydrogens (tertiary/aromatic N) is 2. The molecule has 42 heavy (non-hydrogen) atoms. The maximum atomic E-state index is 14.4. The second kappa shape index (κ2) is 12.7. The van der Waals surface area contributed by atoms with Gasteiger partial charge in [0.25, 0.3) is 5.91 Å². The number of amides is 4. The molecule has 0 saturated heterocycles. The van der Waals surface area contributed by atoms with Crippen LogP contribution in [-0.4, -0.2) is 58.3 Å². The molecule has 4 atom stereocenters. The summed E-state index contributed by atoms with van der Waals surface area (Å²) in [5.74, 6) is -4.34. The fraction of sp³-hybridized carbons (Fsp3) is 0.467. The van der Waals surface area contributed by atoms with Gasteiger partial charge in [-0.2, -0.15) is 0 Å². The standard InChI is InChI=1S/C30H39F2N5O5/c1-8-16(2)23(34-26(38)17(3)36(7)29(41)42-30(4,5)6)28(40)37-15-18-12-13-19(33)14-20(18)25(37)27(39)35-24-21(31)10-9-11-22(24)32/h9-14,16-17,23,25H,8,15,33H2,1-7H3,(H,34,38)(H,35,39)/t16-,17-,23-,25-/m0/s1.